The molecule has 2 N–H and O–H groups in total. The van der Waals surface area contributed by atoms with Crippen molar-refractivity contribution < 1.29 is 14.3 Å². The van der Waals surface area contributed by atoms with E-state index in [1.165, 1.54) is 0 Å². The van der Waals surface area contributed by atoms with Crippen LogP contribution in [0.5, 0.6) is 0 Å². The Hall–Kier alpha value is -2.96. The first-order valence-electron chi connectivity index (χ1n) is 6.25. The third-order valence-corrected chi connectivity index (χ3v) is 3.21. The zero-order valence-electron chi connectivity index (χ0n) is 11.4. The van der Waals surface area contributed by atoms with Crippen molar-refractivity contribution >= 4 is 5.97 Å². The minimum absolute atomic E-state index is 0.176. The highest BCUT2D eigenvalue weighted by atomic mass is 16.4. The molecule has 0 aliphatic carbocycles. The van der Waals surface area contributed by atoms with Gasteiger partial charge in [0.25, 0.3) is 5.89 Å². The quantitative estimate of drug-likeness (QED) is 0.765. The molecule has 7 nitrogen and oxygen atoms in total. The predicted molar refractivity (Wildman–Crippen MR) is 73.7 cm³/mol. The summed E-state index contributed by atoms with van der Waals surface area (Å²) in [6, 6.07) is 5.28. The van der Waals surface area contributed by atoms with Gasteiger partial charge in [-0.3, -0.25) is 5.10 Å². The van der Waals surface area contributed by atoms with Gasteiger partial charge in [0.05, 0.1) is 11.1 Å². The summed E-state index contributed by atoms with van der Waals surface area (Å²) in [6.07, 6.45) is 1.57. The molecule has 2 heterocycles. The van der Waals surface area contributed by atoms with Crippen LogP contribution in [0.2, 0.25) is 0 Å². The molecule has 0 spiro atoms. The monoisotopic (exact) mass is 284 g/mol. The van der Waals surface area contributed by atoms with Crippen LogP contribution in [0.4, 0.5) is 0 Å². The topological polar surface area (TPSA) is 105 Å². The van der Waals surface area contributed by atoms with Gasteiger partial charge in [0, 0.05) is 6.20 Å². The Bertz CT molecular complexity index is 806. The van der Waals surface area contributed by atoms with Crippen LogP contribution >= 0.6 is 0 Å². The molecule has 1 aromatic carbocycles. The fraction of sp³-hybridized carbons (Fsp3) is 0.143. The van der Waals surface area contributed by atoms with Gasteiger partial charge in [-0.25, -0.2) is 4.79 Å². The van der Waals surface area contributed by atoms with Gasteiger partial charge >= 0.3 is 5.97 Å². The number of hydrogen-bond donors (Lipinski definition) is 2. The Morgan fingerprint density at radius 1 is 1.14 bits per heavy atom. The third-order valence-electron chi connectivity index (χ3n) is 3.21. The van der Waals surface area contributed by atoms with Gasteiger partial charge in [0.1, 0.15) is 5.69 Å². The molecule has 7 heteroatoms. The second-order valence-corrected chi connectivity index (χ2v) is 4.64. The summed E-state index contributed by atoms with van der Waals surface area (Å²) in [5.74, 6) is -0.578. The van der Waals surface area contributed by atoms with E-state index in [1.54, 1.807) is 32.2 Å². The molecule has 0 aliphatic rings. The maximum absolute atomic E-state index is 11.5. The zero-order chi connectivity index (χ0) is 15.0. The number of nitrogens with zero attached hydrogens (tertiary/aromatic N) is 3. The number of H-pyrrole nitrogens is 1. The van der Waals surface area contributed by atoms with Crippen LogP contribution in [0.15, 0.2) is 28.8 Å². The van der Waals surface area contributed by atoms with E-state index in [0.29, 0.717) is 16.8 Å². The maximum atomic E-state index is 11.5. The highest BCUT2D eigenvalue weighted by molar-refractivity contribution is 5.97. The number of aryl methyl sites for hydroxylation is 2. The van der Waals surface area contributed by atoms with Crippen molar-refractivity contribution in [2.45, 2.75) is 13.8 Å². The number of hydrogen-bond acceptors (Lipinski definition) is 5. The minimum Gasteiger partial charge on any atom is -0.478 e. The standard InChI is InChI=1S/C14H12N4O3/c1-7-3-4-8(2)11(14(19)20)10(7)13-18-17-12(21-13)9-5-6-15-16-9/h3-6H,1-2H3,(H,15,16)(H,19,20). The molecule has 0 unspecified atom stereocenters. The van der Waals surface area contributed by atoms with Crippen molar-refractivity contribution in [1.29, 1.82) is 0 Å². The van der Waals surface area contributed by atoms with E-state index >= 15 is 0 Å². The molecule has 106 valence electrons. The van der Waals surface area contributed by atoms with Crippen LogP contribution in [0.3, 0.4) is 0 Å². The van der Waals surface area contributed by atoms with Crippen molar-refractivity contribution in [3.05, 3.63) is 41.1 Å². The summed E-state index contributed by atoms with van der Waals surface area (Å²) in [7, 11) is 0. The summed E-state index contributed by atoms with van der Waals surface area (Å²) in [4.78, 5) is 11.5. The molecule has 0 radical (unpaired) electrons. The molecule has 21 heavy (non-hydrogen) atoms. The number of carbonyl (C=O) groups is 1. The van der Waals surface area contributed by atoms with Crippen LogP contribution in [0.1, 0.15) is 21.5 Å². The second-order valence-electron chi connectivity index (χ2n) is 4.64. The first-order valence-corrected chi connectivity index (χ1v) is 6.25. The SMILES string of the molecule is Cc1ccc(C)c(-c2nnc(-c3ccn[nH]3)o2)c1C(=O)O. The lowest BCUT2D eigenvalue weighted by atomic mass is 9.97. The van der Waals surface area contributed by atoms with Crippen LogP contribution in [0.25, 0.3) is 23.0 Å². The lowest BCUT2D eigenvalue weighted by Gasteiger charge is -2.08. The Labute approximate surface area is 119 Å². The van der Waals surface area contributed by atoms with Gasteiger partial charge in [-0.2, -0.15) is 5.10 Å². The van der Waals surface area contributed by atoms with Gasteiger partial charge in [-0.1, -0.05) is 12.1 Å². The van der Waals surface area contributed by atoms with Gasteiger partial charge in [-0.15, -0.1) is 10.2 Å². The molecule has 3 rings (SSSR count). The Balaban J connectivity index is 2.17. The lowest BCUT2D eigenvalue weighted by Crippen LogP contribution is -2.04. The molecule has 0 amide bonds. The van der Waals surface area contributed by atoms with Gasteiger partial charge in [-0.05, 0) is 31.0 Å². The molecule has 0 fully saturated rings. The smallest absolute Gasteiger partial charge is 0.336 e. The normalized spacial score (nSPS) is 10.8. The lowest BCUT2D eigenvalue weighted by molar-refractivity contribution is 0.0696. The first-order chi connectivity index (χ1) is 10.1. The van der Waals surface area contributed by atoms with E-state index in [0.717, 1.165) is 5.56 Å². The van der Waals surface area contributed by atoms with Gasteiger partial charge < -0.3 is 9.52 Å². The van der Waals surface area contributed by atoms with Crippen molar-refractivity contribution in [1.82, 2.24) is 20.4 Å². The van der Waals surface area contributed by atoms with Crippen molar-refractivity contribution in [2.24, 2.45) is 0 Å². The number of aromatic amines is 1. The zero-order valence-corrected chi connectivity index (χ0v) is 11.4. The summed E-state index contributed by atoms with van der Waals surface area (Å²) >= 11 is 0. The number of aromatic carboxylic acids is 1. The largest absolute Gasteiger partial charge is 0.478 e. The van der Waals surface area contributed by atoms with Crippen LogP contribution in [-0.4, -0.2) is 31.5 Å². The van der Waals surface area contributed by atoms with E-state index in [4.69, 9.17) is 4.42 Å². The number of benzene rings is 1. The maximum Gasteiger partial charge on any atom is 0.336 e. The number of nitrogens with one attached hydrogen (secondary N) is 1. The van der Waals surface area contributed by atoms with Crippen LogP contribution in [0, 0.1) is 13.8 Å². The molecule has 0 saturated heterocycles. The number of carboxylic acids is 1. The Morgan fingerprint density at radius 2 is 1.86 bits per heavy atom. The molecule has 2 aromatic heterocycles. The summed E-state index contributed by atoms with van der Waals surface area (Å²) < 4.78 is 5.58. The predicted octanol–water partition coefficient (Wildman–Crippen LogP) is 2.44. The van der Waals surface area contributed by atoms with Crippen molar-refractivity contribution in [2.75, 3.05) is 0 Å². The number of rotatable bonds is 3. The molecule has 0 bridgehead atoms. The second kappa shape index (κ2) is 4.86. The molecular formula is C14H12N4O3. The summed E-state index contributed by atoms with van der Waals surface area (Å²) in [6.45, 7) is 3.54. The van der Waals surface area contributed by atoms with E-state index in [1.807, 2.05) is 6.07 Å². The highest BCUT2D eigenvalue weighted by Crippen LogP contribution is 2.30. The van der Waals surface area contributed by atoms with Crippen LogP contribution in [-0.2, 0) is 0 Å². The highest BCUT2D eigenvalue weighted by Gasteiger charge is 2.22. The van der Waals surface area contributed by atoms with Crippen molar-refractivity contribution in [3.63, 3.8) is 0 Å². The number of aromatic nitrogens is 4. The van der Waals surface area contributed by atoms with Crippen molar-refractivity contribution in [3.8, 4) is 23.0 Å². The van der Waals surface area contributed by atoms with E-state index in [2.05, 4.69) is 20.4 Å². The molecule has 0 aliphatic heterocycles. The van der Waals surface area contributed by atoms with Crippen LogP contribution < -0.4 is 0 Å². The molecule has 0 atom stereocenters. The number of carboxylic acid groups (broad SMARTS) is 1. The third kappa shape index (κ3) is 2.18. The average molecular weight is 284 g/mol. The first kappa shape index (κ1) is 13.0. The fourth-order valence-electron chi connectivity index (χ4n) is 2.17. The van der Waals surface area contributed by atoms with Gasteiger partial charge in [0.15, 0.2) is 0 Å². The molecular weight excluding hydrogens is 272 g/mol. The van der Waals surface area contributed by atoms with E-state index < -0.39 is 5.97 Å². The Kier molecular flexibility index (Phi) is 3.02. The Morgan fingerprint density at radius 3 is 2.52 bits per heavy atom. The fourth-order valence-corrected chi connectivity index (χ4v) is 2.17. The van der Waals surface area contributed by atoms with E-state index in [-0.39, 0.29) is 17.3 Å². The summed E-state index contributed by atoms with van der Waals surface area (Å²) in [5.41, 5.74) is 2.61. The van der Waals surface area contributed by atoms with E-state index in [9.17, 15) is 9.90 Å². The average Bonchev–Trinajstić information content (AvgIpc) is 3.10. The minimum atomic E-state index is -1.02. The molecule has 0 saturated carbocycles. The summed E-state index contributed by atoms with van der Waals surface area (Å²) in [5, 5.41) is 23.8. The van der Waals surface area contributed by atoms with Gasteiger partial charge in [0.2, 0.25) is 5.89 Å². The molecule has 3 aromatic rings.